The summed E-state index contributed by atoms with van der Waals surface area (Å²) < 4.78 is 5.81. The summed E-state index contributed by atoms with van der Waals surface area (Å²) in [6.45, 7) is 6.00. The smallest absolute Gasteiger partial charge is 0.170 e. The van der Waals surface area contributed by atoms with Crippen LogP contribution < -0.4 is 4.74 Å². The molecule has 2 heteroatoms. The topological polar surface area (TPSA) is 26.3 Å². The Kier molecular flexibility index (Phi) is 2.29. The van der Waals surface area contributed by atoms with E-state index in [9.17, 15) is 4.79 Å². The van der Waals surface area contributed by atoms with Gasteiger partial charge in [0.1, 0.15) is 11.4 Å². The second-order valence-corrected chi connectivity index (χ2v) is 4.65. The van der Waals surface area contributed by atoms with Gasteiger partial charge >= 0.3 is 0 Å². The molecule has 1 aliphatic rings. The van der Waals surface area contributed by atoms with Crippen LogP contribution in [0.15, 0.2) is 18.2 Å². The van der Waals surface area contributed by atoms with Gasteiger partial charge in [0.2, 0.25) is 0 Å². The predicted octanol–water partition coefficient (Wildman–Crippen LogP) is 2.99. The van der Waals surface area contributed by atoms with Gasteiger partial charge in [-0.3, -0.25) is 4.79 Å². The molecule has 80 valence electrons. The number of hydrogen-bond donors (Lipinski definition) is 0. The lowest BCUT2D eigenvalue weighted by atomic mass is 9.92. The van der Waals surface area contributed by atoms with Gasteiger partial charge < -0.3 is 4.74 Å². The van der Waals surface area contributed by atoms with Gasteiger partial charge in [0, 0.05) is 0 Å². The second-order valence-electron chi connectivity index (χ2n) is 4.65. The van der Waals surface area contributed by atoms with Crippen molar-refractivity contribution >= 4 is 5.78 Å². The lowest BCUT2D eigenvalue weighted by Gasteiger charge is -2.31. The van der Waals surface area contributed by atoms with Crippen molar-refractivity contribution in [2.75, 3.05) is 0 Å². The molecule has 0 spiro atoms. The number of rotatable bonds is 1. The van der Waals surface area contributed by atoms with Crippen LogP contribution >= 0.6 is 0 Å². The number of hydrogen-bond acceptors (Lipinski definition) is 2. The fourth-order valence-electron chi connectivity index (χ4n) is 1.92. The van der Waals surface area contributed by atoms with E-state index in [0.29, 0.717) is 6.42 Å². The van der Waals surface area contributed by atoms with E-state index in [1.165, 1.54) is 5.56 Å². The number of ketones is 1. The highest BCUT2D eigenvalue weighted by molar-refractivity contribution is 6.00. The van der Waals surface area contributed by atoms with Crippen LogP contribution in [0.25, 0.3) is 0 Å². The lowest BCUT2D eigenvalue weighted by Crippen LogP contribution is -2.35. The van der Waals surface area contributed by atoms with Gasteiger partial charge in [0.25, 0.3) is 0 Å². The molecule has 0 saturated heterocycles. The van der Waals surface area contributed by atoms with Crippen LogP contribution in [-0.2, 0) is 6.42 Å². The number of carbonyl (C=O) groups is 1. The molecule has 1 aromatic rings. The average Bonchev–Trinajstić information content (AvgIpc) is 2.14. The van der Waals surface area contributed by atoms with E-state index in [4.69, 9.17) is 4.74 Å². The van der Waals surface area contributed by atoms with Crippen LogP contribution in [-0.4, -0.2) is 11.4 Å². The number of benzene rings is 1. The largest absolute Gasteiger partial charge is 0.487 e. The fourth-order valence-corrected chi connectivity index (χ4v) is 1.92. The Morgan fingerprint density at radius 1 is 1.40 bits per heavy atom. The van der Waals surface area contributed by atoms with Crippen molar-refractivity contribution in [2.24, 2.45) is 0 Å². The van der Waals surface area contributed by atoms with Gasteiger partial charge in [0.05, 0.1) is 12.0 Å². The molecule has 2 nitrogen and oxygen atoms in total. The molecule has 0 amide bonds. The highest BCUT2D eigenvalue weighted by Gasteiger charge is 2.32. The zero-order valence-electron chi connectivity index (χ0n) is 9.46. The molecule has 0 atom stereocenters. The number of carbonyl (C=O) groups excluding carboxylic acids is 1. The van der Waals surface area contributed by atoms with Crippen LogP contribution in [0.4, 0.5) is 0 Å². The third kappa shape index (κ3) is 1.89. The van der Waals surface area contributed by atoms with Crippen LogP contribution in [0, 0.1) is 0 Å². The van der Waals surface area contributed by atoms with Crippen molar-refractivity contribution in [2.45, 2.75) is 39.2 Å². The van der Waals surface area contributed by atoms with E-state index in [-0.39, 0.29) is 11.4 Å². The summed E-state index contributed by atoms with van der Waals surface area (Å²) in [6.07, 6.45) is 1.43. The summed E-state index contributed by atoms with van der Waals surface area (Å²) in [5, 5.41) is 0. The van der Waals surface area contributed by atoms with Gasteiger partial charge in [-0.05, 0) is 38.0 Å². The van der Waals surface area contributed by atoms with Crippen molar-refractivity contribution in [3.63, 3.8) is 0 Å². The number of ether oxygens (including phenoxy) is 1. The summed E-state index contributed by atoms with van der Waals surface area (Å²) in [6, 6.07) is 5.86. The van der Waals surface area contributed by atoms with Crippen LogP contribution in [0.5, 0.6) is 5.75 Å². The van der Waals surface area contributed by atoms with Crippen molar-refractivity contribution in [3.05, 3.63) is 29.3 Å². The molecular formula is C13H16O2. The van der Waals surface area contributed by atoms with Crippen LogP contribution in [0.2, 0.25) is 0 Å². The second kappa shape index (κ2) is 3.37. The average molecular weight is 204 g/mol. The first-order chi connectivity index (χ1) is 7.02. The Morgan fingerprint density at radius 2 is 2.13 bits per heavy atom. The van der Waals surface area contributed by atoms with Crippen LogP contribution in [0.3, 0.4) is 0 Å². The van der Waals surface area contributed by atoms with Gasteiger partial charge in [0.15, 0.2) is 5.78 Å². The van der Waals surface area contributed by atoms with Gasteiger partial charge in [-0.25, -0.2) is 0 Å². The van der Waals surface area contributed by atoms with Crippen LogP contribution in [0.1, 0.15) is 43.1 Å². The normalized spacial score (nSPS) is 18.2. The minimum Gasteiger partial charge on any atom is -0.487 e. The quantitative estimate of drug-likeness (QED) is 0.703. The minimum absolute atomic E-state index is 0.184. The van der Waals surface area contributed by atoms with E-state index < -0.39 is 0 Å². The number of aryl methyl sites for hydroxylation is 1. The van der Waals surface area contributed by atoms with Crippen molar-refractivity contribution in [3.8, 4) is 5.75 Å². The standard InChI is InChI=1S/C13H16O2/c1-4-9-5-6-10-11(14)8-13(2,3)15-12(10)7-9/h5-7H,4,8H2,1-3H3. The molecule has 0 aliphatic carbocycles. The molecule has 0 N–H and O–H groups in total. The molecule has 2 rings (SSSR count). The zero-order valence-corrected chi connectivity index (χ0v) is 9.46. The van der Waals surface area contributed by atoms with Gasteiger partial charge in [-0.15, -0.1) is 0 Å². The highest BCUT2D eigenvalue weighted by Crippen LogP contribution is 2.33. The summed E-state index contributed by atoms with van der Waals surface area (Å²) in [5.74, 6) is 0.930. The highest BCUT2D eigenvalue weighted by atomic mass is 16.5. The summed E-state index contributed by atoms with van der Waals surface area (Å²) >= 11 is 0. The fraction of sp³-hybridized carbons (Fsp3) is 0.462. The first-order valence-electron chi connectivity index (χ1n) is 5.37. The Labute approximate surface area is 90.3 Å². The Balaban J connectivity index is 2.46. The molecule has 0 saturated carbocycles. The van der Waals surface area contributed by atoms with E-state index in [2.05, 4.69) is 6.92 Å². The maximum atomic E-state index is 11.8. The molecule has 0 bridgehead atoms. The third-order valence-corrected chi connectivity index (χ3v) is 2.73. The predicted molar refractivity (Wildman–Crippen MR) is 59.5 cm³/mol. The Hall–Kier alpha value is -1.31. The number of fused-ring (bicyclic) bond motifs is 1. The molecule has 0 radical (unpaired) electrons. The van der Waals surface area contributed by atoms with Gasteiger partial charge in [-0.1, -0.05) is 13.0 Å². The zero-order chi connectivity index (χ0) is 11.1. The molecule has 1 heterocycles. The molecule has 0 aromatic heterocycles. The summed E-state index contributed by atoms with van der Waals surface area (Å²) in [4.78, 5) is 11.8. The maximum absolute atomic E-state index is 11.8. The molecule has 1 aromatic carbocycles. The molecule has 0 unspecified atom stereocenters. The van der Waals surface area contributed by atoms with Crippen molar-refractivity contribution in [1.29, 1.82) is 0 Å². The molecule has 1 aliphatic heterocycles. The third-order valence-electron chi connectivity index (χ3n) is 2.73. The SMILES string of the molecule is CCc1ccc2c(c1)OC(C)(C)CC2=O. The first-order valence-corrected chi connectivity index (χ1v) is 5.37. The first kappa shape index (κ1) is 10.2. The lowest BCUT2D eigenvalue weighted by molar-refractivity contribution is 0.0620. The van der Waals surface area contributed by atoms with E-state index in [1.54, 1.807) is 0 Å². The Morgan fingerprint density at radius 3 is 2.80 bits per heavy atom. The summed E-state index contributed by atoms with van der Waals surface area (Å²) in [5.41, 5.74) is 1.57. The van der Waals surface area contributed by atoms with E-state index >= 15 is 0 Å². The van der Waals surface area contributed by atoms with Gasteiger partial charge in [-0.2, -0.15) is 0 Å². The molecule has 15 heavy (non-hydrogen) atoms. The number of Topliss-reactive ketones (excluding diaryl/α,β-unsaturated/α-hetero) is 1. The van der Waals surface area contributed by atoms with E-state index in [0.717, 1.165) is 17.7 Å². The minimum atomic E-state index is -0.365. The van der Waals surface area contributed by atoms with Crippen molar-refractivity contribution in [1.82, 2.24) is 0 Å². The van der Waals surface area contributed by atoms with E-state index in [1.807, 2.05) is 32.0 Å². The molecular weight excluding hydrogens is 188 g/mol. The molecule has 0 fully saturated rings. The summed E-state index contributed by atoms with van der Waals surface area (Å²) in [7, 11) is 0. The maximum Gasteiger partial charge on any atom is 0.170 e. The van der Waals surface area contributed by atoms with Crippen molar-refractivity contribution < 1.29 is 9.53 Å². The monoisotopic (exact) mass is 204 g/mol. The Bertz CT molecular complexity index is 405.